The molecule has 0 aliphatic rings. The van der Waals surface area contributed by atoms with Gasteiger partial charge in [-0.1, -0.05) is 0 Å². The summed E-state index contributed by atoms with van der Waals surface area (Å²) in [5.41, 5.74) is -3.18. The third-order valence-electron chi connectivity index (χ3n) is 1.76. The fourth-order valence-electron chi connectivity index (χ4n) is 1.24. The summed E-state index contributed by atoms with van der Waals surface area (Å²) in [5, 5.41) is 10.3. The van der Waals surface area contributed by atoms with Crippen LogP contribution in [0.4, 0.5) is 23.2 Å². The average molecular weight is 223 g/mol. The van der Waals surface area contributed by atoms with E-state index in [1.165, 1.54) is 0 Å². The SMILES string of the molecule is Cc1cc(F)cc([N+](=O)[O-])c1C(F)(F)F. The van der Waals surface area contributed by atoms with Gasteiger partial charge in [0.2, 0.25) is 0 Å². The van der Waals surface area contributed by atoms with Crippen molar-refractivity contribution < 1.29 is 22.5 Å². The van der Waals surface area contributed by atoms with E-state index in [0.29, 0.717) is 6.07 Å². The molecule has 0 aromatic heterocycles. The van der Waals surface area contributed by atoms with E-state index in [4.69, 9.17) is 0 Å². The molecular weight excluding hydrogens is 218 g/mol. The van der Waals surface area contributed by atoms with Crippen LogP contribution in [0.1, 0.15) is 11.1 Å². The molecular formula is C8H5F4NO2. The van der Waals surface area contributed by atoms with Gasteiger partial charge >= 0.3 is 6.18 Å². The zero-order valence-corrected chi connectivity index (χ0v) is 7.43. The van der Waals surface area contributed by atoms with Gasteiger partial charge in [0.15, 0.2) is 0 Å². The van der Waals surface area contributed by atoms with Crippen LogP contribution in [0, 0.1) is 22.9 Å². The van der Waals surface area contributed by atoms with Crippen molar-refractivity contribution in [3.63, 3.8) is 0 Å². The Kier molecular flexibility index (Phi) is 2.65. The summed E-state index contributed by atoms with van der Waals surface area (Å²) in [6, 6.07) is 0.867. The molecule has 0 saturated carbocycles. The van der Waals surface area contributed by atoms with Crippen LogP contribution >= 0.6 is 0 Å². The fraction of sp³-hybridized carbons (Fsp3) is 0.250. The van der Waals surface area contributed by atoms with Crippen LogP contribution in [0.15, 0.2) is 12.1 Å². The molecule has 1 rings (SSSR count). The number of hydrogen-bond acceptors (Lipinski definition) is 2. The van der Waals surface area contributed by atoms with Crippen LogP contribution in [-0.2, 0) is 6.18 Å². The average Bonchev–Trinajstić information content (AvgIpc) is 1.99. The summed E-state index contributed by atoms with van der Waals surface area (Å²) in [6.45, 7) is 0.971. The minimum Gasteiger partial charge on any atom is -0.258 e. The summed E-state index contributed by atoms with van der Waals surface area (Å²) in [7, 11) is 0. The van der Waals surface area contributed by atoms with Gasteiger partial charge in [0.25, 0.3) is 5.69 Å². The Hall–Kier alpha value is -1.66. The first-order chi connectivity index (χ1) is 6.73. The molecule has 1 aromatic rings. The van der Waals surface area contributed by atoms with E-state index in [-0.39, 0.29) is 6.07 Å². The summed E-state index contributed by atoms with van der Waals surface area (Å²) < 4.78 is 49.8. The van der Waals surface area contributed by atoms with Crippen LogP contribution in [-0.4, -0.2) is 4.92 Å². The van der Waals surface area contributed by atoms with Crippen molar-refractivity contribution in [3.8, 4) is 0 Å². The lowest BCUT2D eigenvalue weighted by Crippen LogP contribution is -2.11. The molecule has 0 aliphatic heterocycles. The van der Waals surface area contributed by atoms with E-state index in [2.05, 4.69) is 0 Å². The Morgan fingerprint density at radius 2 is 1.87 bits per heavy atom. The Bertz CT molecular complexity index is 414. The summed E-state index contributed by atoms with van der Waals surface area (Å²) in [6.07, 6.45) is -4.86. The second-order valence-corrected chi connectivity index (χ2v) is 2.87. The van der Waals surface area contributed by atoms with E-state index in [1.807, 2.05) is 0 Å². The van der Waals surface area contributed by atoms with Crippen molar-refractivity contribution >= 4 is 5.69 Å². The molecule has 15 heavy (non-hydrogen) atoms. The van der Waals surface area contributed by atoms with Crippen LogP contribution < -0.4 is 0 Å². The Morgan fingerprint density at radius 1 is 1.33 bits per heavy atom. The molecule has 0 radical (unpaired) electrons. The Morgan fingerprint density at radius 3 is 2.27 bits per heavy atom. The first-order valence-corrected chi connectivity index (χ1v) is 3.75. The maximum absolute atomic E-state index is 12.7. The van der Waals surface area contributed by atoms with Crippen LogP contribution in [0.2, 0.25) is 0 Å². The van der Waals surface area contributed by atoms with E-state index >= 15 is 0 Å². The Labute approximate surface area is 81.5 Å². The highest BCUT2D eigenvalue weighted by Crippen LogP contribution is 2.38. The normalized spacial score (nSPS) is 11.5. The number of alkyl halides is 3. The molecule has 0 spiro atoms. The summed E-state index contributed by atoms with van der Waals surface area (Å²) in [5.74, 6) is -1.06. The number of benzene rings is 1. The Balaban J connectivity index is 3.55. The highest BCUT2D eigenvalue weighted by atomic mass is 19.4. The molecule has 82 valence electrons. The molecule has 3 nitrogen and oxygen atoms in total. The van der Waals surface area contributed by atoms with Crippen LogP contribution in [0.5, 0.6) is 0 Å². The van der Waals surface area contributed by atoms with Crippen molar-refractivity contribution in [2.45, 2.75) is 13.1 Å². The lowest BCUT2D eigenvalue weighted by molar-refractivity contribution is -0.388. The quantitative estimate of drug-likeness (QED) is 0.417. The van der Waals surface area contributed by atoms with Crippen LogP contribution in [0.3, 0.4) is 0 Å². The number of nitro groups is 1. The zero-order chi connectivity index (χ0) is 11.8. The van der Waals surface area contributed by atoms with E-state index in [9.17, 15) is 27.7 Å². The third kappa shape index (κ3) is 2.23. The molecule has 0 N–H and O–H groups in total. The number of hydrogen-bond donors (Lipinski definition) is 0. The maximum atomic E-state index is 12.7. The minimum atomic E-state index is -4.86. The molecule has 0 unspecified atom stereocenters. The van der Waals surface area contributed by atoms with Gasteiger partial charge < -0.3 is 0 Å². The van der Waals surface area contributed by atoms with Gasteiger partial charge in [0.1, 0.15) is 11.4 Å². The third-order valence-corrected chi connectivity index (χ3v) is 1.76. The standard InChI is InChI=1S/C8H5F4NO2/c1-4-2-5(9)3-6(13(14)15)7(4)8(10,11)12/h2-3H,1H3. The van der Waals surface area contributed by atoms with Crippen molar-refractivity contribution in [1.82, 2.24) is 0 Å². The molecule has 0 atom stereocenters. The number of aryl methyl sites for hydroxylation is 1. The topological polar surface area (TPSA) is 43.1 Å². The summed E-state index contributed by atoms with van der Waals surface area (Å²) in [4.78, 5) is 9.06. The van der Waals surface area contributed by atoms with Crippen LogP contribution in [0.25, 0.3) is 0 Å². The first kappa shape index (κ1) is 11.4. The molecule has 7 heteroatoms. The minimum absolute atomic E-state index is 0.260. The van der Waals surface area contributed by atoms with E-state index in [1.54, 1.807) is 0 Å². The lowest BCUT2D eigenvalue weighted by Gasteiger charge is -2.10. The lowest BCUT2D eigenvalue weighted by atomic mass is 10.1. The highest BCUT2D eigenvalue weighted by molar-refractivity contribution is 5.47. The van der Waals surface area contributed by atoms with E-state index in [0.717, 1.165) is 6.92 Å². The van der Waals surface area contributed by atoms with Gasteiger partial charge in [0.05, 0.1) is 11.0 Å². The first-order valence-electron chi connectivity index (χ1n) is 3.75. The predicted molar refractivity (Wildman–Crippen MR) is 42.8 cm³/mol. The van der Waals surface area contributed by atoms with Gasteiger partial charge in [0, 0.05) is 0 Å². The van der Waals surface area contributed by atoms with Crippen molar-refractivity contribution in [1.29, 1.82) is 0 Å². The van der Waals surface area contributed by atoms with Crippen molar-refractivity contribution in [2.75, 3.05) is 0 Å². The number of rotatable bonds is 1. The second kappa shape index (κ2) is 3.48. The fourth-order valence-corrected chi connectivity index (χ4v) is 1.24. The molecule has 0 aliphatic carbocycles. The van der Waals surface area contributed by atoms with Crippen molar-refractivity contribution in [3.05, 3.63) is 39.2 Å². The molecule has 1 aromatic carbocycles. The van der Waals surface area contributed by atoms with Crippen molar-refractivity contribution in [2.24, 2.45) is 0 Å². The zero-order valence-electron chi connectivity index (χ0n) is 7.43. The van der Waals surface area contributed by atoms with Gasteiger partial charge in [-0.2, -0.15) is 13.2 Å². The molecule has 0 bridgehead atoms. The van der Waals surface area contributed by atoms with E-state index < -0.39 is 33.7 Å². The highest BCUT2D eigenvalue weighted by Gasteiger charge is 2.40. The number of nitrogens with zero attached hydrogens (tertiary/aromatic N) is 1. The molecule has 0 amide bonds. The molecule has 0 fully saturated rings. The molecule has 0 heterocycles. The number of halogens is 4. The van der Waals surface area contributed by atoms with Gasteiger partial charge in [-0.25, -0.2) is 4.39 Å². The maximum Gasteiger partial charge on any atom is 0.423 e. The molecule has 0 saturated heterocycles. The largest absolute Gasteiger partial charge is 0.423 e. The van der Waals surface area contributed by atoms with Gasteiger partial charge in [-0.3, -0.25) is 10.1 Å². The monoisotopic (exact) mass is 223 g/mol. The smallest absolute Gasteiger partial charge is 0.258 e. The predicted octanol–water partition coefficient (Wildman–Crippen LogP) is 3.06. The second-order valence-electron chi connectivity index (χ2n) is 2.87. The van der Waals surface area contributed by atoms with Gasteiger partial charge in [-0.15, -0.1) is 0 Å². The number of nitro benzene ring substituents is 1. The van der Waals surface area contributed by atoms with Gasteiger partial charge in [-0.05, 0) is 18.6 Å². The summed E-state index contributed by atoms with van der Waals surface area (Å²) >= 11 is 0.